The van der Waals surface area contributed by atoms with Crippen LogP contribution in [0.3, 0.4) is 0 Å². The SMILES string of the molecule is CCc1cnccc1C(=O)N1CCCO1. The minimum atomic E-state index is -0.0493. The molecule has 0 bridgehead atoms. The third kappa shape index (κ3) is 1.99. The first-order chi connectivity index (χ1) is 7.33. The van der Waals surface area contributed by atoms with Crippen LogP contribution in [0.4, 0.5) is 0 Å². The van der Waals surface area contributed by atoms with Gasteiger partial charge in [-0.25, -0.2) is 5.06 Å². The molecule has 1 saturated heterocycles. The van der Waals surface area contributed by atoms with Crippen molar-refractivity contribution < 1.29 is 9.63 Å². The van der Waals surface area contributed by atoms with Gasteiger partial charge in [-0.05, 0) is 24.5 Å². The van der Waals surface area contributed by atoms with E-state index in [1.54, 1.807) is 18.5 Å². The summed E-state index contributed by atoms with van der Waals surface area (Å²) in [6.07, 6.45) is 5.10. The molecule has 0 aliphatic carbocycles. The fourth-order valence-corrected chi connectivity index (χ4v) is 1.66. The maximum atomic E-state index is 12.0. The molecule has 0 spiro atoms. The molecule has 0 atom stereocenters. The Balaban J connectivity index is 2.24. The van der Waals surface area contributed by atoms with Gasteiger partial charge >= 0.3 is 0 Å². The highest BCUT2D eigenvalue weighted by atomic mass is 16.7. The lowest BCUT2D eigenvalue weighted by atomic mass is 10.1. The Labute approximate surface area is 88.8 Å². The first-order valence-corrected chi connectivity index (χ1v) is 5.20. The zero-order chi connectivity index (χ0) is 10.7. The number of hydrogen-bond donors (Lipinski definition) is 0. The van der Waals surface area contributed by atoms with E-state index in [4.69, 9.17) is 4.84 Å². The summed E-state index contributed by atoms with van der Waals surface area (Å²) in [4.78, 5) is 21.2. The zero-order valence-electron chi connectivity index (χ0n) is 8.77. The second kappa shape index (κ2) is 4.40. The highest BCUT2D eigenvalue weighted by Gasteiger charge is 2.22. The third-order valence-electron chi connectivity index (χ3n) is 2.49. The average molecular weight is 206 g/mol. The lowest BCUT2D eigenvalue weighted by molar-refractivity contribution is -0.0769. The number of hydrogen-bond acceptors (Lipinski definition) is 3. The van der Waals surface area contributed by atoms with E-state index in [1.165, 1.54) is 5.06 Å². The summed E-state index contributed by atoms with van der Waals surface area (Å²) < 4.78 is 0. The Morgan fingerprint density at radius 2 is 2.53 bits per heavy atom. The van der Waals surface area contributed by atoms with Gasteiger partial charge in [0.25, 0.3) is 5.91 Å². The van der Waals surface area contributed by atoms with Crippen molar-refractivity contribution in [2.45, 2.75) is 19.8 Å². The molecule has 15 heavy (non-hydrogen) atoms. The van der Waals surface area contributed by atoms with E-state index in [-0.39, 0.29) is 5.91 Å². The Hall–Kier alpha value is -1.42. The van der Waals surface area contributed by atoms with Gasteiger partial charge in [-0.2, -0.15) is 0 Å². The number of rotatable bonds is 2. The highest BCUT2D eigenvalue weighted by molar-refractivity contribution is 5.94. The number of carbonyl (C=O) groups excluding carboxylic acids is 1. The smallest absolute Gasteiger partial charge is 0.271 e. The molecule has 1 fully saturated rings. The van der Waals surface area contributed by atoms with Gasteiger partial charge in [0.2, 0.25) is 0 Å². The first-order valence-electron chi connectivity index (χ1n) is 5.20. The molecule has 2 heterocycles. The van der Waals surface area contributed by atoms with Crippen molar-refractivity contribution in [2.75, 3.05) is 13.2 Å². The van der Waals surface area contributed by atoms with Gasteiger partial charge in [-0.1, -0.05) is 6.92 Å². The molecule has 0 aromatic carbocycles. The largest absolute Gasteiger partial charge is 0.277 e. The van der Waals surface area contributed by atoms with E-state index in [2.05, 4.69) is 4.98 Å². The molecule has 1 amide bonds. The highest BCUT2D eigenvalue weighted by Crippen LogP contribution is 2.14. The zero-order valence-corrected chi connectivity index (χ0v) is 8.77. The summed E-state index contributed by atoms with van der Waals surface area (Å²) in [7, 11) is 0. The normalized spacial score (nSPS) is 15.7. The van der Waals surface area contributed by atoms with Crippen LogP contribution in [0, 0.1) is 0 Å². The maximum Gasteiger partial charge on any atom is 0.277 e. The lowest BCUT2D eigenvalue weighted by Gasteiger charge is -2.15. The summed E-state index contributed by atoms with van der Waals surface area (Å²) in [6.45, 7) is 3.33. The number of pyridine rings is 1. The summed E-state index contributed by atoms with van der Waals surface area (Å²) >= 11 is 0. The summed E-state index contributed by atoms with van der Waals surface area (Å²) in [5.74, 6) is -0.0493. The summed E-state index contributed by atoms with van der Waals surface area (Å²) in [5.41, 5.74) is 1.67. The van der Waals surface area contributed by atoms with E-state index >= 15 is 0 Å². The fourth-order valence-electron chi connectivity index (χ4n) is 1.66. The number of nitrogens with zero attached hydrogens (tertiary/aromatic N) is 2. The van der Waals surface area contributed by atoms with Crippen LogP contribution in [0.15, 0.2) is 18.5 Å². The minimum absolute atomic E-state index is 0.0493. The molecule has 1 aliphatic heterocycles. The second-order valence-corrected chi connectivity index (χ2v) is 3.48. The molecule has 1 aromatic rings. The van der Waals surface area contributed by atoms with Crippen molar-refractivity contribution in [1.82, 2.24) is 10.0 Å². The van der Waals surface area contributed by atoms with Gasteiger partial charge in [0, 0.05) is 18.0 Å². The van der Waals surface area contributed by atoms with Crippen LogP contribution < -0.4 is 0 Å². The Morgan fingerprint density at radius 3 is 3.20 bits per heavy atom. The molecule has 0 radical (unpaired) electrons. The quantitative estimate of drug-likeness (QED) is 0.735. The summed E-state index contributed by atoms with van der Waals surface area (Å²) in [6, 6.07) is 1.75. The minimum Gasteiger partial charge on any atom is -0.271 e. The van der Waals surface area contributed by atoms with Crippen LogP contribution in [0.2, 0.25) is 0 Å². The Bertz CT molecular complexity index is 359. The van der Waals surface area contributed by atoms with Gasteiger partial charge in [0.05, 0.1) is 13.2 Å². The lowest BCUT2D eigenvalue weighted by Crippen LogP contribution is -2.27. The van der Waals surface area contributed by atoms with Crippen LogP contribution in [-0.2, 0) is 11.3 Å². The van der Waals surface area contributed by atoms with E-state index in [1.807, 2.05) is 6.92 Å². The molecule has 0 saturated carbocycles. The molecule has 4 heteroatoms. The van der Waals surface area contributed by atoms with Crippen LogP contribution >= 0.6 is 0 Å². The van der Waals surface area contributed by atoms with Crippen molar-refractivity contribution in [2.24, 2.45) is 0 Å². The third-order valence-corrected chi connectivity index (χ3v) is 2.49. The van der Waals surface area contributed by atoms with Gasteiger partial charge in [0.1, 0.15) is 0 Å². The topological polar surface area (TPSA) is 42.4 Å². The van der Waals surface area contributed by atoms with Gasteiger partial charge < -0.3 is 0 Å². The van der Waals surface area contributed by atoms with Crippen molar-refractivity contribution in [1.29, 1.82) is 0 Å². The van der Waals surface area contributed by atoms with Crippen molar-refractivity contribution in [3.8, 4) is 0 Å². The van der Waals surface area contributed by atoms with Gasteiger partial charge in [-0.15, -0.1) is 0 Å². The van der Waals surface area contributed by atoms with Crippen LogP contribution in [0.25, 0.3) is 0 Å². The molecule has 0 N–H and O–H groups in total. The van der Waals surface area contributed by atoms with Crippen LogP contribution in [0.5, 0.6) is 0 Å². The molecule has 80 valence electrons. The fraction of sp³-hybridized carbons (Fsp3) is 0.455. The predicted molar refractivity (Wildman–Crippen MR) is 55.2 cm³/mol. The van der Waals surface area contributed by atoms with Crippen LogP contribution in [0.1, 0.15) is 29.3 Å². The van der Waals surface area contributed by atoms with Crippen molar-refractivity contribution in [3.63, 3.8) is 0 Å². The molecule has 2 rings (SSSR count). The number of amides is 1. The van der Waals surface area contributed by atoms with E-state index < -0.39 is 0 Å². The van der Waals surface area contributed by atoms with E-state index in [0.29, 0.717) is 18.7 Å². The van der Waals surface area contributed by atoms with Crippen molar-refractivity contribution >= 4 is 5.91 Å². The molecule has 1 aromatic heterocycles. The Kier molecular flexibility index (Phi) is 2.97. The second-order valence-electron chi connectivity index (χ2n) is 3.48. The Morgan fingerprint density at radius 1 is 1.67 bits per heavy atom. The number of aromatic nitrogens is 1. The number of carbonyl (C=O) groups is 1. The molecule has 4 nitrogen and oxygen atoms in total. The van der Waals surface area contributed by atoms with E-state index in [0.717, 1.165) is 18.4 Å². The predicted octanol–water partition coefficient (Wildman–Crippen LogP) is 1.42. The standard InChI is InChI=1S/C11H14N2O2/c1-2-9-8-12-5-4-10(9)11(14)13-6-3-7-15-13/h4-5,8H,2-3,6-7H2,1H3. The number of hydroxylamine groups is 2. The maximum absolute atomic E-state index is 12.0. The molecule has 0 unspecified atom stereocenters. The number of aryl methyl sites for hydroxylation is 1. The molecule has 1 aliphatic rings. The monoisotopic (exact) mass is 206 g/mol. The van der Waals surface area contributed by atoms with Crippen LogP contribution in [-0.4, -0.2) is 29.1 Å². The summed E-state index contributed by atoms with van der Waals surface area (Å²) in [5, 5.41) is 1.44. The molecular formula is C11H14N2O2. The van der Waals surface area contributed by atoms with E-state index in [9.17, 15) is 4.79 Å². The van der Waals surface area contributed by atoms with Gasteiger partial charge in [0.15, 0.2) is 0 Å². The molecular weight excluding hydrogens is 192 g/mol. The van der Waals surface area contributed by atoms with Gasteiger partial charge in [-0.3, -0.25) is 14.6 Å². The average Bonchev–Trinajstić information content (AvgIpc) is 2.81. The van der Waals surface area contributed by atoms with Crippen molar-refractivity contribution in [3.05, 3.63) is 29.6 Å². The first kappa shape index (κ1) is 10.1.